The maximum absolute atomic E-state index is 13.5. The van der Waals surface area contributed by atoms with E-state index in [1.165, 1.54) is 12.1 Å². The third-order valence-corrected chi connectivity index (χ3v) is 7.26. The van der Waals surface area contributed by atoms with Crippen LogP contribution in [0.25, 0.3) is 10.2 Å². The molecule has 2 aliphatic heterocycles. The Labute approximate surface area is 199 Å². The number of anilines is 2. The number of ether oxygens (including phenoxy) is 1. The SMILES string of the molecule is O=C(c1cc([N+](=O)[O-])ccc1N1CCOCC1)N1CCN(c2nc3ccc(Cl)cc3s2)CC1. The van der Waals surface area contributed by atoms with Gasteiger partial charge in [-0.15, -0.1) is 0 Å². The molecular formula is C22H22ClN5O4S. The average molecular weight is 488 g/mol. The van der Waals surface area contributed by atoms with Gasteiger partial charge in [0.1, 0.15) is 0 Å². The predicted octanol–water partition coefficient (Wildman–Crippen LogP) is 3.66. The molecule has 0 bridgehead atoms. The zero-order chi connectivity index (χ0) is 22.9. The smallest absolute Gasteiger partial charge is 0.270 e. The molecule has 2 fully saturated rings. The largest absolute Gasteiger partial charge is 0.378 e. The third-order valence-electron chi connectivity index (χ3n) is 5.95. The molecule has 3 aromatic rings. The van der Waals surface area contributed by atoms with Gasteiger partial charge in [0.05, 0.1) is 39.6 Å². The van der Waals surface area contributed by atoms with Gasteiger partial charge in [0.2, 0.25) is 0 Å². The minimum absolute atomic E-state index is 0.0814. The van der Waals surface area contributed by atoms with E-state index in [4.69, 9.17) is 21.3 Å². The maximum atomic E-state index is 13.5. The highest BCUT2D eigenvalue weighted by Gasteiger charge is 2.28. The Balaban J connectivity index is 1.34. The highest BCUT2D eigenvalue weighted by molar-refractivity contribution is 7.22. The van der Waals surface area contributed by atoms with Crippen LogP contribution in [0.1, 0.15) is 10.4 Å². The van der Waals surface area contributed by atoms with Crippen LogP contribution in [0.2, 0.25) is 5.02 Å². The zero-order valence-corrected chi connectivity index (χ0v) is 19.3. The van der Waals surface area contributed by atoms with Crippen LogP contribution in [-0.4, -0.2) is 73.2 Å². The second-order valence-electron chi connectivity index (χ2n) is 7.95. The lowest BCUT2D eigenvalue weighted by atomic mass is 10.1. The molecule has 0 saturated carbocycles. The lowest BCUT2D eigenvalue weighted by molar-refractivity contribution is -0.384. The van der Waals surface area contributed by atoms with Crippen molar-refractivity contribution in [3.8, 4) is 0 Å². The number of nitrogens with zero attached hydrogens (tertiary/aromatic N) is 5. The molecule has 2 aliphatic rings. The van der Waals surface area contributed by atoms with E-state index in [9.17, 15) is 14.9 Å². The molecule has 0 unspecified atom stereocenters. The fourth-order valence-electron chi connectivity index (χ4n) is 4.18. The second-order valence-corrected chi connectivity index (χ2v) is 9.39. The number of carbonyl (C=O) groups is 1. The van der Waals surface area contributed by atoms with Gasteiger partial charge in [-0.2, -0.15) is 0 Å². The van der Waals surface area contributed by atoms with Crippen LogP contribution in [-0.2, 0) is 4.74 Å². The van der Waals surface area contributed by atoms with Crippen LogP contribution in [0.3, 0.4) is 0 Å². The monoisotopic (exact) mass is 487 g/mol. The standard InChI is InChI=1S/C22H22ClN5O4S/c23-15-1-3-18-20(13-15)33-22(24-18)27-7-5-26(6-8-27)21(29)17-14-16(28(30)31)2-4-19(17)25-9-11-32-12-10-25/h1-4,13-14H,5-12H2. The lowest BCUT2D eigenvalue weighted by Gasteiger charge is -2.36. The number of non-ortho nitro benzene ring substituents is 1. The number of rotatable bonds is 4. The van der Waals surface area contributed by atoms with Gasteiger partial charge in [-0.1, -0.05) is 22.9 Å². The molecule has 0 radical (unpaired) electrons. The van der Waals surface area contributed by atoms with Crippen LogP contribution in [0.4, 0.5) is 16.5 Å². The number of morpholine rings is 1. The van der Waals surface area contributed by atoms with Crippen LogP contribution < -0.4 is 9.80 Å². The lowest BCUT2D eigenvalue weighted by Crippen LogP contribution is -2.49. The van der Waals surface area contributed by atoms with Gasteiger partial charge in [0, 0.05) is 56.4 Å². The van der Waals surface area contributed by atoms with Gasteiger partial charge in [0.15, 0.2) is 5.13 Å². The number of thiazole rings is 1. The normalized spacial score (nSPS) is 16.9. The number of hydrogen-bond donors (Lipinski definition) is 0. The number of nitro groups is 1. The van der Waals surface area contributed by atoms with Crippen molar-refractivity contribution in [3.05, 3.63) is 57.1 Å². The van der Waals surface area contributed by atoms with E-state index < -0.39 is 4.92 Å². The number of hydrogen-bond acceptors (Lipinski definition) is 8. The molecule has 1 amide bonds. The number of halogens is 1. The number of carbonyl (C=O) groups excluding carboxylic acids is 1. The zero-order valence-electron chi connectivity index (χ0n) is 17.8. The molecule has 172 valence electrons. The third kappa shape index (κ3) is 4.46. The Morgan fingerprint density at radius 1 is 1.03 bits per heavy atom. The summed E-state index contributed by atoms with van der Waals surface area (Å²) < 4.78 is 6.45. The highest BCUT2D eigenvalue weighted by Crippen LogP contribution is 2.32. The first kappa shape index (κ1) is 21.9. The van der Waals surface area contributed by atoms with Crippen molar-refractivity contribution in [1.82, 2.24) is 9.88 Å². The van der Waals surface area contributed by atoms with Crippen LogP contribution in [0, 0.1) is 10.1 Å². The number of piperazine rings is 1. The Kier molecular flexibility index (Phi) is 6.05. The molecule has 0 aliphatic carbocycles. The Hall–Kier alpha value is -2.95. The number of nitro benzene ring substituents is 1. The Morgan fingerprint density at radius 3 is 2.52 bits per heavy atom. The van der Waals surface area contributed by atoms with E-state index in [2.05, 4.69) is 9.80 Å². The minimum atomic E-state index is -0.461. The first-order valence-corrected chi connectivity index (χ1v) is 11.9. The summed E-state index contributed by atoms with van der Waals surface area (Å²) in [5.41, 5.74) is 1.92. The summed E-state index contributed by atoms with van der Waals surface area (Å²) in [5, 5.41) is 12.9. The van der Waals surface area contributed by atoms with E-state index in [-0.39, 0.29) is 11.6 Å². The van der Waals surface area contributed by atoms with E-state index >= 15 is 0 Å². The number of fused-ring (bicyclic) bond motifs is 1. The van der Waals surface area contributed by atoms with Gasteiger partial charge in [-0.25, -0.2) is 4.98 Å². The molecule has 11 heteroatoms. The Bertz CT molecular complexity index is 1200. The second kappa shape index (κ2) is 9.12. The molecule has 2 aromatic carbocycles. The topological polar surface area (TPSA) is 92.0 Å². The van der Waals surface area contributed by atoms with E-state index in [0.717, 1.165) is 21.0 Å². The van der Waals surface area contributed by atoms with E-state index in [1.807, 2.05) is 18.2 Å². The first-order chi connectivity index (χ1) is 16.0. The summed E-state index contributed by atoms with van der Waals surface area (Å²) in [6.45, 7) is 4.73. The fourth-order valence-corrected chi connectivity index (χ4v) is 5.47. The summed E-state index contributed by atoms with van der Waals surface area (Å²) in [7, 11) is 0. The minimum Gasteiger partial charge on any atom is -0.378 e. The van der Waals surface area contributed by atoms with E-state index in [0.29, 0.717) is 63.1 Å². The summed E-state index contributed by atoms with van der Waals surface area (Å²) in [6, 6.07) is 10.2. The van der Waals surface area contributed by atoms with Crippen molar-refractivity contribution in [1.29, 1.82) is 0 Å². The first-order valence-electron chi connectivity index (χ1n) is 10.7. The van der Waals surface area contributed by atoms with Crippen LogP contribution >= 0.6 is 22.9 Å². The quantitative estimate of drug-likeness (QED) is 0.409. The Morgan fingerprint density at radius 2 is 1.79 bits per heavy atom. The van der Waals surface area contributed by atoms with Gasteiger partial charge in [0.25, 0.3) is 11.6 Å². The van der Waals surface area contributed by atoms with Crippen molar-refractivity contribution in [2.45, 2.75) is 0 Å². The molecule has 3 heterocycles. The number of benzene rings is 2. The van der Waals surface area contributed by atoms with Gasteiger partial charge in [-0.3, -0.25) is 14.9 Å². The molecule has 5 rings (SSSR count). The highest BCUT2D eigenvalue weighted by atomic mass is 35.5. The van der Waals surface area contributed by atoms with Crippen LogP contribution in [0.15, 0.2) is 36.4 Å². The van der Waals surface area contributed by atoms with Crippen molar-refractivity contribution in [2.75, 3.05) is 62.3 Å². The van der Waals surface area contributed by atoms with Crippen molar-refractivity contribution >= 4 is 55.6 Å². The van der Waals surface area contributed by atoms with Crippen molar-refractivity contribution < 1.29 is 14.5 Å². The molecular weight excluding hydrogens is 466 g/mol. The van der Waals surface area contributed by atoms with Gasteiger partial charge >= 0.3 is 0 Å². The summed E-state index contributed by atoms with van der Waals surface area (Å²) in [4.78, 5) is 35.1. The van der Waals surface area contributed by atoms with Crippen molar-refractivity contribution in [2.24, 2.45) is 0 Å². The van der Waals surface area contributed by atoms with Crippen molar-refractivity contribution in [3.63, 3.8) is 0 Å². The molecule has 0 atom stereocenters. The summed E-state index contributed by atoms with van der Waals surface area (Å²) in [5.74, 6) is -0.184. The molecule has 1 aromatic heterocycles. The predicted molar refractivity (Wildman–Crippen MR) is 129 cm³/mol. The maximum Gasteiger partial charge on any atom is 0.270 e. The summed E-state index contributed by atoms with van der Waals surface area (Å²) >= 11 is 7.68. The van der Waals surface area contributed by atoms with E-state index in [1.54, 1.807) is 22.3 Å². The summed E-state index contributed by atoms with van der Waals surface area (Å²) in [6.07, 6.45) is 0. The van der Waals surface area contributed by atoms with Gasteiger partial charge < -0.3 is 19.4 Å². The molecule has 33 heavy (non-hydrogen) atoms. The molecule has 9 nitrogen and oxygen atoms in total. The van der Waals surface area contributed by atoms with Gasteiger partial charge in [-0.05, 0) is 24.3 Å². The molecule has 2 saturated heterocycles. The molecule has 0 N–H and O–H groups in total. The number of aromatic nitrogens is 1. The van der Waals surface area contributed by atoms with Crippen LogP contribution in [0.5, 0.6) is 0 Å². The number of amides is 1. The average Bonchev–Trinajstić information content (AvgIpc) is 3.27. The fraction of sp³-hybridized carbons (Fsp3) is 0.364. The molecule has 0 spiro atoms.